The Morgan fingerprint density at radius 3 is 2.11 bits per heavy atom. The molecule has 3 saturated heterocycles. The molecule has 8 rings (SSSR count). The Labute approximate surface area is 503 Å². The van der Waals surface area contributed by atoms with Gasteiger partial charge in [-0.2, -0.15) is 8.42 Å². The van der Waals surface area contributed by atoms with Gasteiger partial charge in [-0.15, -0.1) is 0 Å². The van der Waals surface area contributed by atoms with Gasteiger partial charge in [0.1, 0.15) is 11.5 Å². The summed E-state index contributed by atoms with van der Waals surface area (Å²) in [6.45, 7) is 3.59. The maximum absolute atomic E-state index is 13.7. The molecule has 4 aliphatic rings. The number of rotatable bonds is 26. The molecule has 25 nitrogen and oxygen atoms in total. The first-order valence-corrected chi connectivity index (χ1v) is 34.9. The van der Waals surface area contributed by atoms with Gasteiger partial charge in [0, 0.05) is 66.4 Å². The molecule has 85 heavy (non-hydrogen) atoms. The molecular weight excluding hydrogens is 1230 g/mol. The van der Waals surface area contributed by atoms with Crippen LogP contribution in [0.3, 0.4) is 0 Å². The Balaban J connectivity index is 0.780. The van der Waals surface area contributed by atoms with Gasteiger partial charge >= 0.3 is 201 Å². The molecule has 0 saturated carbocycles. The molecule has 4 aromatic rings. The van der Waals surface area contributed by atoms with E-state index in [9.17, 15) is 56.4 Å². The monoisotopic (exact) mass is 1300 g/mol. The number of ketones is 2. The van der Waals surface area contributed by atoms with Crippen molar-refractivity contribution >= 4 is 91.0 Å². The second kappa shape index (κ2) is 31.3. The molecule has 1 aliphatic carbocycles. The molecule has 2 amide bonds. The van der Waals surface area contributed by atoms with Crippen LogP contribution in [0.15, 0.2) is 61.1 Å². The molecule has 5 atom stereocenters. The molecule has 3 unspecified atom stereocenters. The van der Waals surface area contributed by atoms with Crippen LogP contribution in [0.25, 0.3) is 10.9 Å². The topological polar surface area (TPSA) is 316 Å². The van der Waals surface area contributed by atoms with Crippen molar-refractivity contribution in [2.24, 2.45) is 5.92 Å². The van der Waals surface area contributed by atoms with E-state index in [1.807, 2.05) is 33.9 Å². The van der Waals surface area contributed by atoms with Crippen LogP contribution in [-0.4, -0.2) is 226 Å². The number of carboxylic acids is 1. The Kier molecular flexibility index (Phi) is 23.8. The Bertz CT molecular complexity index is 3130. The fourth-order valence-corrected chi connectivity index (χ4v) is 14.8. The van der Waals surface area contributed by atoms with Crippen molar-refractivity contribution in [1.82, 2.24) is 44.8 Å². The van der Waals surface area contributed by atoms with Crippen LogP contribution >= 0.6 is 0 Å². The van der Waals surface area contributed by atoms with Crippen LogP contribution in [0.2, 0.25) is 0 Å². The predicted molar refractivity (Wildman–Crippen MR) is 308 cm³/mol. The van der Waals surface area contributed by atoms with E-state index in [4.69, 9.17) is 18.3 Å². The van der Waals surface area contributed by atoms with E-state index >= 15 is 0 Å². The summed E-state index contributed by atoms with van der Waals surface area (Å²) in [6.07, 6.45) is 11.4. The van der Waals surface area contributed by atoms with Crippen LogP contribution in [0.4, 0.5) is 0 Å². The van der Waals surface area contributed by atoms with E-state index in [2.05, 4.69) is 33.8 Å². The number of carbonyl (C=O) groups excluding carboxylic acids is 7. The van der Waals surface area contributed by atoms with E-state index in [0.29, 0.717) is 43.9 Å². The maximum atomic E-state index is 13.7. The number of nitrogens with zero attached hydrogens (tertiary/aromatic N) is 7. The number of aliphatic carboxylic acids is 1. The number of amides is 2. The van der Waals surface area contributed by atoms with Gasteiger partial charge < -0.3 is 19.7 Å². The third-order valence-corrected chi connectivity index (χ3v) is 20.5. The maximum Gasteiger partial charge on any atom is 0.305 e. The molecule has 0 radical (unpaired) electrons. The number of hydrogen-bond acceptors (Lipinski definition) is 20. The third kappa shape index (κ3) is 20.1. The van der Waals surface area contributed by atoms with Gasteiger partial charge in [0.15, 0.2) is 0 Å². The summed E-state index contributed by atoms with van der Waals surface area (Å²) in [4.78, 5) is 121. The summed E-state index contributed by atoms with van der Waals surface area (Å²) in [5.41, 5.74) is 6.32. The number of fused-ring (bicyclic) bond motifs is 9. The fraction of sp³-hybridized carbons (Fsp3) is 0.552. The number of ether oxygens (including phenoxy) is 1. The number of pyridine rings is 2. The molecule has 0 spiro atoms. The largest absolute Gasteiger partial charge is 0.492 e. The van der Waals surface area contributed by atoms with Gasteiger partial charge in [-0.25, -0.2) is 0 Å². The summed E-state index contributed by atoms with van der Waals surface area (Å²) < 4.78 is 58.3. The number of benzene rings is 1. The second-order valence-corrected chi connectivity index (χ2v) is 27.3. The number of aromatic nitrogens is 3. The number of carboxylic acid groups (broad SMARTS) is 1. The van der Waals surface area contributed by atoms with Crippen molar-refractivity contribution in [2.75, 3.05) is 97.4 Å². The zero-order valence-electron chi connectivity index (χ0n) is 48.0. The standard InChI is InChI=1S/C58H79N9O16S.In/c1-2-40(31-52(69)48(39-84(80,81)82)62-54(71)35-63-21-23-64(36-56(74)75)25-27-66(38-58(78)79)28-26-65(24-22-63)37-57(76)77)51(68)12-6-19-60-53(70)13-7-29-83-45-30-43(33-59-34-45)50(32-55(72)73)67-20-18-46-41(9-5-11-49(46)67)14-16-44-17-15-42-8-3-4-10-47(42)61-44;/h5,9,11,15,17-18,20,30,33-34,40,48,50H,2-4,6-8,10,12-14,16,19,21-29,31-32,35-39H2,1H3,(H,60,70)(H,62,71)(H,72,73)(H,74,75)(H,76,77)(H,78,79)(H,80,81,82);/q;+3/p-3/t40-,48+,50?;/m1./s1. The number of nitrogens with one attached hydrogen (secondary N) is 2. The quantitative estimate of drug-likeness (QED) is 0.0516. The molecule has 458 valence electrons. The van der Waals surface area contributed by atoms with Crippen LogP contribution < -0.4 is 15.4 Å². The van der Waals surface area contributed by atoms with Gasteiger partial charge in [-0.05, 0) is 98.7 Å². The van der Waals surface area contributed by atoms with E-state index in [0.717, 1.165) is 47.8 Å². The number of Topliss-reactive ketones (excluding diaryl/α,β-unsaturated/α-hetero) is 2. The number of aryl methyl sites for hydroxylation is 4. The van der Waals surface area contributed by atoms with Crippen LogP contribution in [0.5, 0.6) is 5.75 Å². The SMILES string of the molecule is CC[C@H](CC(=O)[C@H](CS(=O)(=O)O)NC(=O)CN1CCN2CCN3CCN(CC1)CC(=O)[O][In]([O]C(=O)C2)[O]C(=O)C3)C(=O)CCCNC(=O)CCCOc1cncc(C(CC(=O)O)n2ccc3c(CCc4ccc5c(n4)CCCC5)cccc32)c1. The van der Waals surface area contributed by atoms with Crippen LogP contribution in [-0.2, 0) is 82.7 Å². The molecule has 27 heteroatoms. The van der Waals surface area contributed by atoms with E-state index < -0.39 is 98.6 Å². The summed E-state index contributed by atoms with van der Waals surface area (Å²) in [5, 5.41) is 16.3. The average Bonchev–Trinajstić information content (AvgIpc) is 3.93. The van der Waals surface area contributed by atoms with Crippen molar-refractivity contribution in [1.29, 1.82) is 0 Å². The summed E-state index contributed by atoms with van der Waals surface area (Å²) >= 11 is -4.34. The van der Waals surface area contributed by atoms with Gasteiger partial charge in [0.2, 0.25) is 5.91 Å². The molecule has 4 bridgehead atoms. The van der Waals surface area contributed by atoms with Gasteiger partial charge in [0.25, 0.3) is 10.1 Å². The van der Waals surface area contributed by atoms with Gasteiger partial charge in [-0.3, -0.25) is 33.7 Å². The predicted octanol–water partition coefficient (Wildman–Crippen LogP) is 2.01. The smallest absolute Gasteiger partial charge is 0.305 e. The summed E-state index contributed by atoms with van der Waals surface area (Å²) in [6, 6.07) is 11.9. The minimum Gasteiger partial charge on any atom is -0.492 e. The zero-order chi connectivity index (χ0) is 60.5. The molecule has 4 N–H and O–H groups in total. The average molecular weight is 1300 g/mol. The summed E-state index contributed by atoms with van der Waals surface area (Å²) in [7, 11) is -4.80. The molecule has 1 aromatic carbocycles. The van der Waals surface area contributed by atoms with Crippen molar-refractivity contribution in [3.8, 4) is 5.75 Å². The Hall–Kier alpha value is -6.36. The Morgan fingerprint density at radius 1 is 0.776 bits per heavy atom. The van der Waals surface area contributed by atoms with Crippen molar-refractivity contribution in [3.63, 3.8) is 0 Å². The molecule has 3 aromatic heterocycles. The fourth-order valence-electron chi connectivity index (χ4n) is 11.2. The molecule has 3 aliphatic heterocycles. The number of hydrogen-bond donors (Lipinski definition) is 4. The minimum absolute atomic E-state index is 0.00410. The molecule has 6 heterocycles. The van der Waals surface area contributed by atoms with E-state index in [1.165, 1.54) is 30.3 Å². The molecule has 3 fully saturated rings. The third-order valence-electron chi connectivity index (χ3n) is 15.8. The van der Waals surface area contributed by atoms with Crippen LogP contribution in [0, 0.1) is 5.92 Å². The first kappa shape index (κ1) is 64.6. The zero-order valence-corrected chi connectivity index (χ0v) is 52.1. The van der Waals surface area contributed by atoms with E-state index in [-0.39, 0.29) is 109 Å². The van der Waals surface area contributed by atoms with Gasteiger partial charge in [-0.1, -0.05) is 25.1 Å². The molecular formula is C58H76InN9O16S. The van der Waals surface area contributed by atoms with E-state index in [1.54, 1.807) is 33.9 Å². The van der Waals surface area contributed by atoms with Gasteiger partial charge in [0.05, 0.1) is 25.3 Å². The first-order chi connectivity index (χ1) is 40.8. The first-order valence-electron chi connectivity index (χ1n) is 29.2. The van der Waals surface area contributed by atoms with Crippen molar-refractivity contribution in [3.05, 3.63) is 89.1 Å². The second-order valence-electron chi connectivity index (χ2n) is 22.1. The summed E-state index contributed by atoms with van der Waals surface area (Å²) in [5.74, 6) is -6.72. The van der Waals surface area contributed by atoms with Crippen LogP contribution in [0.1, 0.15) is 98.8 Å². The van der Waals surface area contributed by atoms with Crippen molar-refractivity contribution < 1.29 is 69.7 Å². The number of carbonyl (C=O) groups is 8. The Morgan fingerprint density at radius 2 is 1.45 bits per heavy atom. The normalized spacial score (nSPS) is 20.0. The minimum atomic E-state index is -4.80. The van der Waals surface area contributed by atoms with Crippen molar-refractivity contribution in [2.45, 2.75) is 102 Å².